The van der Waals surface area contributed by atoms with Gasteiger partial charge in [0.05, 0.1) is 24.5 Å². The monoisotopic (exact) mass is 394 g/mol. The number of carbonyl (C=O) groups is 3. The number of hydrogen-bond donors (Lipinski definition) is 2. The third-order valence-electron chi connectivity index (χ3n) is 5.15. The van der Waals surface area contributed by atoms with Crippen LogP contribution in [-0.4, -0.2) is 59.6 Å². The van der Waals surface area contributed by atoms with E-state index in [0.717, 1.165) is 6.42 Å². The number of nitrogens with one attached hydrogen (secondary N) is 1. The second-order valence-corrected chi connectivity index (χ2v) is 7.68. The van der Waals surface area contributed by atoms with E-state index >= 15 is 0 Å². The molecule has 2 aliphatic heterocycles. The zero-order valence-corrected chi connectivity index (χ0v) is 15.7. The Morgan fingerprint density at radius 2 is 2.04 bits per heavy atom. The second kappa shape index (κ2) is 8.27. The van der Waals surface area contributed by atoms with Crippen LogP contribution in [0.2, 0.25) is 5.02 Å². The number of amides is 2. The Kier molecular flexibility index (Phi) is 6.01. The molecule has 2 N–H and O–H groups in total. The predicted octanol–water partition coefficient (Wildman–Crippen LogP) is 1.94. The molecule has 1 aromatic rings. The van der Waals surface area contributed by atoms with Gasteiger partial charge in [-0.2, -0.15) is 0 Å². The third kappa shape index (κ3) is 4.78. The number of benzene rings is 1. The Bertz CT molecular complexity index is 715. The molecule has 0 aromatic heterocycles. The van der Waals surface area contributed by atoms with Gasteiger partial charge in [0.15, 0.2) is 0 Å². The molecule has 1 aromatic carbocycles. The number of ether oxygens (including phenoxy) is 1. The van der Waals surface area contributed by atoms with E-state index in [-0.39, 0.29) is 30.8 Å². The zero-order valence-electron chi connectivity index (χ0n) is 14.9. The molecule has 0 aliphatic carbocycles. The van der Waals surface area contributed by atoms with Crippen molar-refractivity contribution < 1.29 is 24.2 Å². The smallest absolute Gasteiger partial charge is 0.305 e. The molecule has 146 valence electrons. The molecule has 2 fully saturated rings. The molecule has 2 heterocycles. The normalized spacial score (nSPS) is 25.2. The maximum atomic E-state index is 12.8. The topological polar surface area (TPSA) is 95.9 Å². The van der Waals surface area contributed by atoms with E-state index in [1.54, 1.807) is 29.2 Å². The summed E-state index contributed by atoms with van der Waals surface area (Å²) in [6.45, 7) is 1.54. The van der Waals surface area contributed by atoms with Crippen molar-refractivity contribution >= 4 is 29.4 Å². The van der Waals surface area contributed by atoms with Crippen molar-refractivity contribution in [3.05, 3.63) is 34.9 Å². The summed E-state index contributed by atoms with van der Waals surface area (Å²) >= 11 is 5.87. The first-order valence-corrected chi connectivity index (χ1v) is 9.43. The summed E-state index contributed by atoms with van der Waals surface area (Å²) in [6, 6.07) is 6.68. The Balaban J connectivity index is 1.64. The number of carboxylic acid groups (broad SMARTS) is 1. The van der Waals surface area contributed by atoms with Crippen LogP contribution in [0.5, 0.6) is 0 Å². The fourth-order valence-electron chi connectivity index (χ4n) is 3.69. The van der Waals surface area contributed by atoms with Crippen molar-refractivity contribution in [1.82, 2.24) is 10.2 Å². The van der Waals surface area contributed by atoms with Crippen molar-refractivity contribution in [2.75, 3.05) is 26.3 Å². The van der Waals surface area contributed by atoms with E-state index in [4.69, 9.17) is 21.4 Å². The molecule has 2 saturated heterocycles. The van der Waals surface area contributed by atoms with Crippen LogP contribution in [-0.2, 0) is 14.3 Å². The van der Waals surface area contributed by atoms with Gasteiger partial charge < -0.3 is 20.1 Å². The third-order valence-corrected chi connectivity index (χ3v) is 5.40. The van der Waals surface area contributed by atoms with Gasteiger partial charge in [-0.15, -0.1) is 0 Å². The Labute approximate surface area is 162 Å². The van der Waals surface area contributed by atoms with Crippen LogP contribution >= 0.6 is 11.6 Å². The summed E-state index contributed by atoms with van der Waals surface area (Å²) < 4.78 is 5.32. The molecule has 0 radical (unpaired) electrons. The molecule has 2 aliphatic rings. The van der Waals surface area contributed by atoms with Crippen molar-refractivity contribution in [2.24, 2.45) is 5.92 Å². The van der Waals surface area contributed by atoms with E-state index in [0.29, 0.717) is 43.1 Å². The fourth-order valence-corrected chi connectivity index (χ4v) is 3.82. The van der Waals surface area contributed by atoms with Crippen molar-refractivity contribution in [3.63, 3.8) is 0 Å². The minimum atomic E-state index is -0.969. The molecule has 2 amide bonds. The molecule has 27 heavy (non-hydrogen) atoms. The number of likely N-dealkylation sites (tertiary alicyclic amines) is 1. The number of carbonyl (C=O) groups excluding carboxylic acids is 2. The lowest BCUT2D eigenvalue weighted by Gasteiger charge is -2.35. The molecule has 2 atom stereocenters. The fraction of sp³-hybridized carbons (Fsp3) is 0.526. The number of piperidine rings is 1. The highest BCUT2D eigenvalue weighted by Gasteiger charge is 2.40. The predicted molar refractivity (Wildman–Crippen MR) is 98.6 cm³/mol. The lowest BCUT2D eigenvalue weighted by atomic mass is 9.91. The highest BCUT2D eigenvalue weighted by Crippen LogP contribution is 2.25. The average Bonchev–Trinajstić information content (AvgIpc) is 3.09. The average molecular weight is 395 g/mol. The van der Waals surface area contributed by atoms with Crippen LogP contribution < -0.4 is 5.32 Å². The summed E-state index contributed by atoms with van der Waals surface area (Å²) in [6.07, 6.45) is 1.70. The van der Waals surface area contributed by atoms with Crippen molar-refractivity contribution in [1.29, 1.82) is 0 Å². The molecular formula is C19H23ClN2O5. The van der Waals surface area contributed by atoms with Crippen LogP contribution in [0.4, 0.5) is 0 Å². The summed E-state index contributed by atoms with van der Waals surface area (Å²) in [4.78, 5) is 38.3. The van der Waals surface area contributed by atoms with Crippen molar-refractivity contribution in [3.8, 4) is 0 Å². The van der Waals surface area contributed by atoms with E-state index in [1.165, 1.54) is 0 Å². The largest absolute Gasteiger partial charge is 0.481 e. The first-order chi connectivity index (χ1) is 12.9. The molecular weight excluding hydrogens is 372 g/mol. The van der Waals surface area contributed by atoms with E-state index < -0.39 is 11.5 Å². The summed E-state index contributed by atoms with van der Waals surface area (Å²) in [5.74, 6) is -1.67. The lowest BCUT2D eigenvalue weighted by molar-refractivity contribution is -0.139. The molecule has 7 nitrogen and oxygen atoms in total. The number of rotatable bonds is 5. The minimum Gasteiger partial charge on any atom is -0.481 e. The standard InChI is InChI=1S/C19H23ClN2O5/c20-15-5-3-13(4-6-15)18(26)22-8-1-2-14(11-22)17(25)21-19(10-16(23)24)7-9-27-12-19/h3-6,14H,1-2,7-12H2,(H,21,25)(H,23,24). The molecule has 0 saturated carbocycles. The van der Waals surface area contributed by atoms with Gasteiger partial charge in [0, 0.05) is 30.3 Å². The van der Waals surface area contributed by atoms with Gasteiger partial charge in [0.25, 0.3) is 5.91 Å². The molecule has 0 bridgehead atoms. The molecule has 8 heteroatoms. The number of aliphatic carboxylic acids is 1. The first-order valence-electron chi connectivity index (χ1n) is 9.05. The number of carboxylic acids is 1. The molecule has 2 unspecified atom stereocenters. The Morgan fingerprint density at radius 1 is 1.30 bits per heavy atom. The van der Waals surface area contributed by atoms with Gasteiger partial charge in [-0.05, 0) is 43.5 Å². The van der Waals surface area contributed by atoms with Gasteiger partial charge in [-0.25, -0.2) is 0 Å². The quantitative estimate of drug-likeness (QED) is 0.795. The van der Waals surface area contributed by atoms with E-state index in [9.17, 15) is 14.4 Å². The van der Waals surface area contributed by atoms with Crippen LogP contribution in [0.15, 0.2) is 24.3 Å². The second-order valence-electron chi connectivity index (χ2n) is 7.24. The number of halogens is 1. The minimum absolute atomic E-state index is 0.131. The summed E-state index contributed by atoms with van der Waals surface area (Å²) in [5, 5.41) is 12.6. The van der Waals surface area contributed by atoms with Gasteiger partial charge in [0.2, 0.25) is 5.91 Å². The van der Waals surface area contributed by atoms with Crippen molar-refractivity contribution in [2.45, 2.75) is 31.2 Å². The highest BCUT2D eigenvalue weighted by atomic mass is 35.5. The van der Waals surface area contributed by atoms with Gasteiger partial charge >= 0.3 is 5.97 Å². The summed E-state index contributed by atoms with van der Waals surface area (Å²) in [7, 11) is 0. The Hall–Kier alpha value is -2.12. The van der Waals surface area contributed by atoms with Crippen LogP contribution in [0, 0.1) is 5.92 Å². The first kappa shape index (κ1) is 19.6. The Morgan fingerprint density at radius 3 is 2.67 bits per heavy atom. The molecule has 0 spiro atoms. The maximum Gasteiger partial charge on any atom is 0.305 e. The van der Waals surface area contributed by atoms with Gasteiger partial charge in [-0.3, -0.25) is 14.4 Å². The zero-order chi connectivity index (χ0) is 19.4. The number of hydrogen-bond acceptors (Lipinski definition) is 4. The van der Waals surface area contributed by atoms with Crippen LogP contribution in [0.25, 0.3) is 0 Å². The van der Waals surface area contributed by atoms with Crippen LogP contribution in [0.1, 0.15) is 36.0 Å². The van der Waals surface area contributed by atoms with Gasteiger partial charge in [0.1, 0.15) is 0 Å². The molecule has 3 rings (SSSR count). The summed E-state index contributed by atoms with van der Waals surface area (Å²) in [5.41, 5.74) is -0.322. The van der Waals surface area contributed by atoms with E-state index in [2.05, 4.69) is 5.32 Å². The lowest BCUT2D eigenvalue weighted by Crippen LogP contribution is -2.54. The highest BCUT2D eigenvalue weighted by molar-refractivity contribution is 6.30. The van der Waals surface area contributed by atoms with E-state index in [1.807, 2.05) is 0 Å². The number of nitrogens with zero attached hydrogens (tertiary/aromatic N) is 1. The SMILES string of the molecule is O=C(O)CC1(NC(=O)C2CCCN(C(=O)c3ccc(Cl)cc3)C2)CCOC1. The van der Waals surface area contributed by atoms with Crippen LogP contribution in [0.3, 0.4) is 0 Å². The van der Waals surface area contributed by atoms with Gasteiger partial charge in [-0.1, -0.05) is 11.6 Å². The maximum absolute atomic E-state index is 12.8.